The molecule has 34 heavy (non-hydrogen) atoms. The minimum Gasteiger partial charge on any atom is -0.306 e. The Morgan fingerprint density at radius 1 is 1.15 bits per heavy atom. The van der Waals surface area contributed by atoms with E-state index in [0.29, 0.717) is 24.8 Å². The van der Waals surface area contributed by atoms with Crippen molar-refractivity contribution in [3.63, 3.8) is 0 Å². The Labute approximate surface area is 207 Å². The summed E-state index contributed by atoms with van der Waals surface area (Å²) in [5, 5.41) is 9.17. The van der Waals surface area contributed by atoms with E-state index in [1.165, 1.54) is 19.3 Å². The molecule has 1 aromatic heterocycles. The van der Waals surface area contributed by atoms with Gasteiger partial charge in [0.25, 0.3) is 0 Å². The monoisotopic (exact) mass is 475 g/mol. The van der Waals surface area contributed by atoms with Gasteiger partial charge in [-0.05, 0) is 72.3 Å². The summed E-state index contributed by atoms with van der Waals surface area (Å²) in [6.07, 6.45) is 3.82. The number of benzene rings is 2. The fraction of sp³-hybridized carbons (Fsp3) is 0.448. The zero-order valence-corrected chi connectivity index (χ0v) is 21.3. The van der Waals surface area contributed by atoms with E-state index < -0.39 is 0 Å². The van der Waals surface area contributed by atoms with E-state index in [4.69, 9.17) is 16.7 Å². The fourth-order valence-electron chi connectivity index (χ4n) is 6.56. The smallest absolute Gasteiger partial charge is 0.196 e. The van der Waals surface area contributed by atoms with Gasteiger partial charge in [0.05, 0.1) is 18.8 Å². The van der Waals surface area contributed by atoms with Crippen LogP contribution in [0.1, 0.15) is 61.6 Å². The number of halogens is 1. The Morgan fingerprint density at radius 2 is 1.91 bits per heavy atom. The molecule has 1 N–H and O–H groups in total. The summed E-state index contributed by atoms with van der Waals surface area (Å²) in [5.41, 5.74) is 5.11. The molecule has 0 amide bonds. The highest BCUT2D eigenvalue weighted by Gasteiger charge is 2.59. The number of rotatable bonds is 7. The van der Waals surface area contributed by atoms with E-state index in [9.17, 15) is 4.79 Å². The maximum atomic E-state index is 13.3. The van der Waals surface area contributed by atoms with Crippen LogP contribution in [0.2, 0.25) is 5.02 Å². The number of carbonyl (C=O) groups is 1. The number of aryl methyl sites for hydroxylation is 1. The normalized spacial score (nSPS) is 25.1. The largest absolute Gasteiger partial charge is 0.306 e. The molecule has 3 unspecified atom stereocenters. The number of carbonyl (C=O) groups excluding carboxylic acids is 1. The molecule has 2 aliphatic carbocycles. The van der Waals surface area contributed by atoms with Crippen LogP contribution in [0.4, 0.5) is 0 Å². The van der Waals surface area contributed by atoms with Gasteiger partial charge in [0.2, 0.25) is 0 Å². The lowest BCUT2D eigenvalue weighted by atomic mass is 9.68. The summed E-state index contributed by atoms with van der Waals surface area (Å²) in [5.74, 6) is 0.788. The van der Waals surface area contributed by atoms with Gasteiger partial charge in [-0.2, -0.15) is 5.10 Å². The number of Topliss-reactive ketones (excluding diaryl/α,β-unsaturated/α-hetero) is 1. The van der Waals surface area contributed by atoms with Crippen LogP contribution in [-0.4, -0.2) is 28.2 Å². The van der Waals surface area contributed by atoms with Crippen molar-refractivity contribution in [3.05, 3.63) is 76.4 Å². The number of aromatic nitrogens is 2. The molecule has 1 heterocycles. The Kier molecular flexibility index (Phi) is 5.94. The van der Waals surface area contributed by atoms with Crippen LogP contribution in [0.5, 0.6) is 0 Å². The minimum atomic E-state index is 0.0425. The van der Waals surface area contributed by atoms with Gasteiger partial charge in [-0.3, -0.25) is 9.48 Å². The molecule has 0 radical (unpaired) electrons. The van der Waals surface area contributed by atoms with Crippen molar-refractivity contribution in [1.82, 2.24) is 15.1 Å². The van der Waals surface area contributed by atoms with Crippen molar-refractivity contribution >= 4 is 17.4 Å². The van der Waals surface area contributed by atoms with Crippen molar-refractivity contribution < 1.29 is 4.79 Å². The third-order valence-electron chi connectivity index (χ3n) is 8.43. The Hall–Kier alpha value is -2.43. The van der Waals surface area contributed by atoms with Crippen molar-refractivity contribution in [2.75, 3.05) is 6.54 Å². The molecule has 5 rings (SSSR count). The fourth-order valence-corrected chi connectivity index (χ4v) is 6.68. The van der Waals surface area contributed by atoms with Gasteiger partial charge in [0, 0.05) is 16.6 Å². The molecular formula is C29H34ClN3O. The van der Waals surface area contributed by atoms with Crippen LogP contribution < -0.4 is 5.32 Å². The second-order valence-electron chi connectivity index (χ2n) is 11.2. The first kappa shape index (κ1) is 23.3. The SMILES string of the molecule is Cc1cc(-c2cc(C(=O)CNC3C4(C)CCC(C4)C3(C)C)nn2Cc2ccccc2)ccc1Cl. The van der Waals surface area contributed by atoms with Gasteiger partial charge < -0.3 is 5.32 Å². The highest BCUT2D eigenvalue weighted by molar-refractivity contribution is 6.31. The molecule has 5 heteroatoms. The number of fused-ring (bicyclic) bond motifs is 2. The average Bonchev–Trinajstić information content (AvgIpc) is 3.45. The molecule has 2 aromatic carbocycles. The highest BCUT2D eigenvalue weighted by Crippen LogP contribution is 2.62. The zero-order chi connectivity index (χ0) is 24.1. The third kappa shape index (κ3) is 4.12. The summed E-state index contributed by atoms with van der Waals surface area (Å²) < 4.78 is 1.94. The average molecular weight is 476 g/mol. The van der Waals surface area contributed by atoms with E-state index in [-0.39, 0.29) is 16.6 Å². The Balaban J connectivity index is 1.41. The molecule has 2 fully saturated rings. The van der Waals surface area contributed by atoms with Gasteiger partial charge in [-0.15, -0.1) is 0 Å². The van der Waals surface area contributed by atoms with Crippen LogP contribution in [0, 0.1) is 23.7 Å². The number of nitrogens with one attached hydrogen (secondary N) is 1. The van der Waals surface area contributed by atoms with Gasteiger partial charge >= 0.3 is 0 Å². The van der Waals surface area contributed by atoms with Gasteiger partial charge in [0.15, 0.2) is 5.78 Å². The molecule has 2 bridgehead atoms. The second kappa shape index (κ2) is 8.66. The van der Waals surface area contributed by atoms with Gasteiger partial charge in [0.1, 0.15) is 5.69 Å². The molecule has 0 spiro atoms. The van der Waals surface area contributed by atoms with Crippen LogP contribution in [-0.2, 0) is 6.54 Å². The Morgan fingerprint density at radius 3 is 2.59 bits per heavy atom. The third-order valence-corrected chi connectivity index (χ3v) is 8.86. The van der Waals surface area contributed by atoms with Crippen molar-refractivity contribution in [2.45, 2.75) is 59.5 Å². The van der Waals surface area contributed by atoms with Crippen molar-refractivity contribution in [1.29, 1.82) is 0 Å². The van der Waals surface area contributed by atoms with E-state index in [0.717, 1.165) is 33.3 Å². The standard InChI is InChI=1S/C29H34ClN3O/c1-19-14-21(10-11-23(19)30)25-15-24(32-33(25)18-20-8-6-5-7-9-20)26(34)17-31-27-28(2,3)22-12-13-29(27,4)16-22/h5-11,14-15,22,27,31H,12-13,16-18H2,1-4H3. The maximum Gasteiger partial charge on any atom is 0.196 e. The van der Waals surface area contributed by atoms with Crippen LogP contribution in [0.15, 0.2) is 54.6 Å². The van der Waals surface area contributed by atoms with Gasteiger partial charge in [-0.1, -0.05) is 68.8 Å². The molecule has 4 nitrogen and oxygen atoms in total. The molecular weight excluding hydrogens is 442 g/mol. The Bertz CT molecular complexity index is 1210. The van der Waals surface area contributed by atoms with Crippen LogP contribution in [0.3, 0.4) is 0 Å². The second-order valence-corrected chi connectivity index (χ2v) is 11.6. The summed E-state index contributed by atoms with van der Waals surface area (Å²) in [6, 6.07) is 18.5. The van der Waals surface area contributed by atoms with Crippen molar-refractivity contribution in [3.8, 4) is 11.3 Å². The topological polar surface area (TPSA) is 46.9 Å². The van der Waals surface area contributed by atoms with E-state index in [2.05, 4.69) is 44.3 Å². The minimum absolute atomic E-state index is 0.0425. The first-order chi connectivity index (χ1) is 16.2. The first-order valence-electron chi connectivity index (χ1n) is 12.3. The molecule has 3 aromatic rings. The molecule has 178 valence electrons. The number of hydrogen-bond acceptors (Lipinski definition) is 3. The number of ketones is 1. The summed E-state index contributed by atoms with van der Waals surface area (Å²) >= 11 is 6.27. The van der Waals surface area contributed by atoms with E-state index in [1.807, 2.05) is 48.0 Å². The molecule has 2 aliphatic rings. The number of hydrogen-bond donors (Lipinski definition) is 1. The van der Waals surface area contributed by atoms with Gasteiger partial charge in [-0.25, -0.2) is 0 Å². The predicted molar refractivity (Wildman–Crippen MR) is 138 cm³/mol. The summed E-state index contributed by atoms with van der Waals surface area (Å²) in [4.78, 5) is 13.3. The molecule has 2 saturated carbocycles. The van der Waals surface area contributed by atoms with E-state index in [1.54, 1.807) is 0 Å². The molecule has 0 aliphatic heterocycles. The van der Waals surface area contributed by atoms with E-state index >= 15 is 0 Å². The summed E-state index contributed by atoms with van der Waals surface area (Å²) in [6.45, 7) is 10.0. The molecule has 3 atom stereocenters. The van der Waals surface area contributed by atoms with Crippen LogP contribution >= 0.6 is 11.6 Å². The molecule has 0 saturated heterocycles. The summed E-state index contributed by atoms with van der Waals surface area (Å²) in [7, 11) is 0. The first-order valence-corrected chi connectivity index (χ1v) is 12.7. The highest BCUT2D eigenvalue weighted by atomic mass is 35.5. The van der Waals surface area contributed by atoms with Crippen LogP contribution in [0.25, 0.3) is 11.3 Å². The lowest BCUT2D eigenvalue weighted by Gasteiger charge is -2.43. The number of nitrogens with zero attached hydrogens (tertiary/aromatic N) is 2. The zero-order valence-electron chi connectivity index (χ0n) is 20.6. The predicted octanol–water partition coefficient (Wildman–Crippen LogP) is 6.55. The van der Waals surface area contributed by atoms with Crippen molar-refractivity contribution in [2.24, 2.45) is 16.7 Å². The quantitative estimate of drug-likeness (QED) is 0.394. The maximum absolute atomic E-state index is 13.3. The lowest BCUT2D eigenvalue weighted by molar-refractivity contribution is 0.0887. The lowest BCUT2D eigenvalue weighted by Crippen LogP contribution is -2.51.